The summed E-state index contributed by atoms with van der Waals surface area (Å²) in [6, 6.07) is 9.96. The standard InChI is InChI=1S/C17H19N3O4S/c21-17(13-6-7-25(22,23)10-13)20-8-14(12-4-2-1-3-5-12)15(9-20)16-18-11-24-19-16/h1-5,11,13-15H,6-10H2/t13-,14-,15+/m1/s1. The molecule has 2 saturated heterocycles. The summed E-state index contributed by atoms with van der Waals surface area (Å²) < 4.78 is 28.3. The Kier molecular flexibility index (Phi) is 4.07. The topological polar surface area (TPSA) is 93.4 Å². The number of hydrogen-bond donors (Lipinski definition) is 0. The lowest BCUT2D eigenvalue weighted by Crippen LogP contribution is -2.35. The van der Waals surface area contributed by atoms with E-state index in [0.29, 0.717) is 25.3 Å². The molecule has 0 spiro atoms. The van der Waals surface area contributed by atoms with Crippen LogP contribution in [-0.2, 0) is 14.6 Å². The molecule has 2 aliphatic rings. The van der Waals surface area contributed by atoms with Crippen molar-refractivity contribution in [1.82, 2.24) is 15.0 Å². The molecule has 2 aromatic rings. The van der Waals surface area contributed by atoms with Crippen molar-refractivity contribution in [3.63, 3.8) is 0 Å². The van der Waals surface area contributed by atoms with Crippen LogP contribution >= 0.6 is 0 Å². The maximum atomic E-state index is 12.8. The lowest BCUT2D eigenvalue weighted by Gasteiger charge is -2.19. The van der Waals surface area contributed by atoms with Gasteiger partial charge >= 0.3 is 0 Å². The Bertz CT molecular complexity index is 851. The Labute approximate surface area is 145 Å². The minimum atomic E-state index is -3.08. The van der Waals surface area contributed by atoms with Crippen molar-refractivity contribution in [3.05, 3.63) is 48.1 Å². The van der Waals surface area contributed by atoms with Gasteiger partial charge in [0, 0.05) is 24.9 Å². The highest BCUT2D eigenvalue weighted by atomic mass is 32.2. The number of carbonyl (C=O) groups is 1. The van der Waals surface area contributed by atoms with Gasteiger partial charge in [0.25, 0.3) is 0 Å². The highest BCUT2D eigenvalue weighted by molar-refractivity contribution is 7.91. The molecule has 3 atom stereocenters. The molecule has 0 N–H and O–H groups in total. The van der Waals surface area contributed by atoms with Gasteiger partial charge < -0.3 is 9.42 Å². The maximum absolute atomic E-state index is 12.8. The van der Waals surface area contributed by atoms with E-state index in [1.807, 2.05) is 30.3 Å². The molecule has 0 bridgehead atoms. The van der Waals surface area contributed by atoms with Crippen molar-refractivity contribution in [2.24, 2.45) is 5.92 Å². The molecule has 4 rings (SSSR count). The zero-order chi connectivity index (χ0) is 17.4. The Morgan fingerprint density at radius 2 is 1.92 bits per heavy atom. The third kappa shape index (κ3) is 3.18. The van der Waals surface area contributed by atoms with E-state index in [9.17, 15) is 13.2 Å². The number of rotatable bonds is 3. The Balaban J connectivity index is 1.58. The average Bonchev–Trinajstić information content (AvgIpc) is 3.33. The van der Waals surface area contributed by atoms with Crippen LogP contribution in [0, 0.1) is 5.92 Å². The molecule has 1 amide bonds. The molecule has 0 unspecified atom stereocenters. The van der Waals surface area contributed by atoms with E-state index >= 15 is 0 Å². The molecular weight excluding hydrogens is 342 g/mol. The van der Waals surface area contributed by atoms with E-state index in [0.717, 1.165) is 5.56 Å². The van der Waals surface area contributed by atoms with Gasteiger partial charge in [0.15, 0.2) is 15.7 Å². The molecule has 1 aromatic heterocycles. The van der Waals surface area contributed by atoms with Crippen LogP contribution in [0.25, 0.3) is 0 Å². The molecule has 132 valence electrons. The fourth-order valence-electron chi connectivity index (χ4n) is 3.87. The van der Waals surface area contributed by atoms with Crippen molar-refractivity contribution in [2.75, 3.05) is 24.6 Å². The zero-order valence-corrected chi connectivity index (χ0v) is 14.4. The first-order valence-electron chi connectivity index (χ1n) is 8.34. The summed E-state index contributed by atoms with van der Waals surface area (Å²) in [6.07, 6.45) is 1.71. The maximum Gasteiger partial charge on any atom is 0.226 e. The van der Waals surface area contributed by atoms with Crippen molar-refractivity contribution in [1.29, 1.82) is 0 Å². The third-order valence-electron chi connectivity index (χ3n) is 5.15. The number of amides is 1. The summed E-state index contributed by atoms with van der Waals surface area (Å²) in [5.41, 5.74) is 1.12. The van der Waals surface area contributed by atoms with Crippen LogP contribution in [0.4, 0.5) is 0 Å². The Hall–Kier alpha value is -2.22. The van der Waals surface area contributed by atoms with Crippen LogP contribution in [0.3, 0.4) is 0 Å². The molecule has 3 heterocycles. The molecule has 1 aromatic carbocycles. The zero-order valence-electron chi connectivity index (χ0n) is 13.6. The van der Waals surface area contributed by atoms with E-state index in [2.05, 4.69) is 10.1 Å². The van der Waals surface area contributed by atoms with Crippen LogP contribution in [-0.4, -0.2) is 54.0 Å². The van der Waals surface area contributed by atoms with Gasteiger partial charge in [0.1, 0.15) is 0 Å². The second kappa shape index (κ2) is 6.25. The molecular formula is C17H19N3O4S. The van der Waals surface area contributed by atoms with Gasteiger partial charge in [-0.3, -0.25) is 4.79 Å². The number of benzene rings is 1. The van der Waals surface area contributed by atoms with Crippen molar-refractivity contribution in [3.8, 4) is 0 Å². The first kappa shape index (κ1) is 16.3. The summed E-state index contributed by atoms with van der Waals surface area (Å²) in [5.74, 6) is 0.171. The molecule has 2 fully saturated rings. The van der Waals surface area contributed by atoms with Crippen LogP contribution < -0.4 is 0 Å². The quantitative estimate of drug-likeness (QED) is 0.816. The van der Waals surface area contributed by atoms with Gasteiger partial charge in [-0.15, -0.1) is 0 Å². The van der Waals surface area contributed by atoms with Gasteiger partial charge in [-0.25, -0.2) is 8.42 Å². The Morgan fingerprint density at radius 1 is 1.16 bits per heavy atom. The molecule has 8 heteroatoms. The van der Waals surface area contributed by atoms with Crippen LogP contribution in [0.5, 0.6) is 0 Å². The van der Waals surface area contributed by atoms with Crippen molar-refractivity contribution in [2.45, 2.75) is 18.3 Å². The predicted molar refractivity (Wildman–Crippen MR) is 89.6 cm³/mol. The molecule has 7 nitrogen and oxygen atoms in total. The fourth-order valence-corrected chi connectivity index (χ4v) is 5.61. The van der Waals surface area contributed by atoms with E-state index < -0.39 is 15.8 Å². The van der Waals surface area contributed by atoms with E-state index in [1.165, 1.54) is 6.39 Å². The number of carbonyl (C=O) groups excluding carboxylic acids is 1. The smallest absolute Gasteiger partial charge is 0.226 e. The lowest BCUT2D eigenvalue weighted by molar-refractivity contribution is -0.133. The lowest BCUT2D eigenvalue weighted by atomic mass is 9.88. The van der Waals surface area contributed by atoms with Gasteiger partial charge in [-0.2, -0.15) is 4.98 Å². The van der Waals surface area contributed by atoms with Gasteiger partial charge in [0.05, 0.1) is 17.4 Å². The number of aromatic nitrogens is 2. The van der Waals surface area contributed by atoms with E-state index in [4.69, 9.17) is 4.52 Å². The highest BCUT2D eigenvalue weighted by Crippen LogP contribution is 2.39. The molecule has 0 radical (unpaired) electrons. The van der Waals surface area contributed by atoms with Gasteiger partial charge in [-0.05, 0) is 12.0 Å². The predicted octanol–water partition coefficient (Wildman–Crippen LogP) is 1.21. The largest absolute Gasteiger partial charge is 0.343 e. The minimum absolute atomic E-state index is 0.0365. The second-order valence-electron chi connectivity index (χ2n) is 6.76. The van der Waals surface area contributed by atoms with E-state index in [1.54, 1.807) is 4.90 Å². The van der Waals surface area contributed by atoms with Gasteiger partial charge in [-0.1, -0.05) is 35.5 Å². The van der Waals surface area contributed by atoms with Crippen LogP contribution in [0.2, 0.25) is 0 Å². The molecule has 0 saturated carbocycles. The second-order valence-corrected chi connectivity index (χ2v) is 8.98. The summed E-state index contributed by atoms with van der Waals surface area (Å²) in [7, 11) is -3.08. The average molecular weight is 361 g/mol. The SMILES string of the molecule is O=C([C@@H]1CCS(=O)(=O)C1)N1C[C@H](c2ccccc2)[C@@H](c2ncon2)C1. The third-order valence-corrected chi connectivity index (χ3v) is 6.92. The minimum Gasteiger partial charge on any atom is -0.343 e. The molecule has 0 aliphatic carbocycles. The molecule has 25 heavy (non-hydrogen) atoms. The first-order chi connectivity index (χ1) is 12.0. The number of nitrogens with zero attached hydrogens (tertiary/aromatic N) is 3. The highest BCUT2D eigenvalue weighted by Gasteiger charge is 2.43. The van der Waals surface area contributed by atoms with Crippen molar-refractivity contribution >= 4 is 15.7 Å². The van der Waals surface area contributed by atoms with Crippen LogP contribution in [0.15, 0.2) is 41.2 Å². The summed E-state index contributed by atoms with van der Waals surface area (Å²) in [4.78, 5) is 18.8. The number of sulfone groups is 1. The van der Waals surface area contributed by atoms with Crippen LogP contribution in [0.1, 0.15) is 29.6 Å². The summed E-state index contributed by atoms with van der Waals surface area (Å²) in [5, 5.41) is 3.97. The van der Waals surface area contributed by atoms with E-state index in [-0.39, 0.29) is 29.2 Å². The van der Waals surface area contributed by atoms with Gasteiger partial charge in [0.2, 0.25) is 12.3 Å². The summed E-state index contributed by atoms with van der Waals surface area (Å²) >= 11 is 0. The van der Waals surface area contributed by atoms with Crippen molar-refractivity contribution < 1.29 is 17.7 Å². The fraction of sp³-hybridized carbons (Fsp3) is 0.471. The Morgan fingerprint density at radius 3 is 2.56 bits per heavy atom. The number of hydrogen-bond acceptors (Lipinski definition) is 6. The summed E-state index contributed by atoms with van der Waals surface area (Å²) in [6.45, 7) is 1.02. The molecule has 2 aliphatic heterocycles. The first-order valence-corrected chi connectivity index (χ1v) is 10.2. The normalized spacial score (nSPS) is 28.3. The number of likely N-dealkylation sites (tertiary alicyclic amines) is 1. The monoisotopic (exact) mass is 361 g/mol.